The summed E-state index contributed by atoms with van der Waals surface area (Å²) in [6.07, 6.45) is 7.20. The van der Waals surface area contributed by atoms with Crippen LogP contribution in [0.25, 0.3) is 0 Å². The van der Waals surface area contributed by atoms with Crippen molar-refractivity contribution < 1.29 is 14.0 Å². The Morgan fingerprint density at radius 1 is 1.13 bits per heavy atom. The number of aromatic nitrogens is 3. The highest BCUT2D eigenvalue weighted by Gasteiger charge is 2.34. The molecule has 1 atom stereocenters. The first-order chi connectivity index (χ1) is 15.1. The summed E-state index contributed by atoms with van der Waals surface area (Å²) < 4.78 is 17.2. The van der Waals surface area contributed by atoms with Crippen molar-refractivity contribution in [2.45, 2.75) is 44.3 Å². The van der Waals surface area contributed by atoms with E-state index in [-0.39, 0.29) is 30.0 Å². The van der Waals surface area contributed by atoms with Crippen molar-refractivity contribution in [3.05, 3.63) is 76.8 Å². The molecule has 4 rings (SSSR count). The Bertz CT molecular complexity index is 1010. The van der Waals surface area contributed by atoms with E-state index in [4.69, 9.17) is 0 Å². The summed E-state index contributed by atoms with van der Waals surface area (Å²) in [4.78, 5) is 32.3. The maximum Gasteiger partial charge on any atom is 0.276 e. The lowest BCUT2D eigenvalue weighted by Gasteiger charge is -2.31. The Kier molecular flexibility index (Phi) is 6.61. The fraction of sp³-hybridized carbons (Fsp3) is 0.318. The van der Waals surface area contributed by atoms with Crippen LogP contribution in [-0.4, -0.2) is 37.3 Å². The minimum absolute atomic E-state index is 0.0977. The van der Waals surface area contributed by atoms with Gasteiger partial charge in [-0.15, -0.1) is 5.10 Å². The van der Waals surface area contributed by atoms with Gasteiger partial charge < -0.3 is 10.2 Å². The molecule has 3 aromatic rings. The number of carbonyl (C=O) groups is 2. The van der Waals surface area contributed by atoms with E-state index in [1.54, 1.807) is 42.0 Å². The number of benzene rings is 1. The van der Waals surface area contributed by atoms with Gasteiger partial charge in [-0.3, -0.25) is 14.6 Å². The Balaban J connectivity index is 1.71. The second kappa shape index (κ2) is 9.74. The largest absolute Gasteiger partial charge is 0.351 e. The van der Waals surface area contributed by atoms with Crippen molar-refractivity contribution in [2.75, 3.05) is 0 Å². The minimum atomic E-state index is -0.886. The lowest BCUT2D eigenvalue weighted by molar-refractivity contribution is -0.126. The molecule has 160 valence electrons. The number of halogens is 1. The van der Waals surface area contributed by atoms with Gasteiger partial charge in [-0.05, 0) is 59.8 Å². The van der Waals surface area contributed by atoms with Crippen molar-refractivity contribution in [3.8, 4) is 0 Å². The zero-order chi connectivity index (χ0) is 21.6. The maximum atomic E-state index is 13.4. The van der Waals surface area contributed by atoms with Crippen LogP contribution < -0.4 is 5.32 Å². The van der Waals surface area contributed by atoms with Crippen LogP contribution in [0.15, 0.2) is 54.2 Å². The van der Waals surface area contributed by atoms with E-state index in [0.29, 0.717) is 11.1 Å². The normalized spacial score (nSPS) is 14.9. The number of nitrogens with one attached hydrogen (secondary N) is 1. The quantitative estimate of drug-likeness (QED) is 0.609. The van der Waals surface area contributed by atoms with Crippen LogP contribution in [0.2, 0.25) is 0 Å². The number of hydrogen-bond acceptors (Lipinski definition) is 6. The Labute approximate surface area is 183 Å². The number of rotatable bonds is 7. The first-order valence-electron chi connectivity index (χ1n) is 10.1. The average Bonchev–Trinajstić information content (AvgIpc) is 3.49. The number of pyridine rings is 1. The molecular formula is C22H22FN5O2S. The highest BCUT2D eigenvalue weighted by atomic mass is 32.1. The van der Waals surface area contributed by atoms with E-state index in [2.05, 4.69) is 19.9 Å². The van der Waals surface area contributed by atoms with Gasteiger partial charge in [-0.1, -0.05) is 29.5 Å². The smallest absolute Gasteiger partial charge is 0.276 e. The third kappa shape index (κ3) is 5.11. The summed E-state index contributed by atoms with van der Waals surface area (Å²) in [6.45, 7) is 0.113. The zero-order valence-electron chi connectivity index (χ0n) is 16.8. The van der Waals surface area contributed by atoms with E-state index < -0.39 is 11.9 Å². The van der Waals surface area contributed by atoms with Gasteiger partial charge in [0.15, 0.2) is 5.69 Å². The number of nitrogens with zero attached hydrogens (tertiary/aromatic N) is 4. The molecule has 1 N–H and O–H groups in total. The standard InChI is InChI=1S/C22H22FN5O2S/c23-17-7-5-15(6-8-17)13-28(22(30)19-14-31-27-26-19)20(16-9-11-24-12-10-16)21(29)25-18-3-1-2-4-18/h5-12,14,18,20H,1-4,13H2,(H,25,29). The highest BCUT2D eigenvalue weighted by molar-refractivity contribution is 7.03. The topological polar surface area (TPSA) is 88.1 Å². The molecule has 1 aromatic carbocycles. The molecule has 1 fully saturated rings. The van der Waals surface area contributed by atoms with Gasteiger partial charge in [0.25, 0.3) is 5.91 Å². The van der Waals surface area contributed by atoms with E-state index in [1.165, 1.54) is 17.0 Å². The van der Waals surface area contributed by atoms with Gasteiger partial charge in [0, 0.05) is 30.4 Å². The molecule has 1 aliphatic carbocycles. The van der Waals surface area contributed by atoms with Crippen molar-refractivity contribution in [1.29, 1.82) is 0 Å². The fourth-order valence-electron chi connectivity index (χ4n) is 3.84. The van der Waals surface area contributed by atoms with E-state index in [9.17, 15) is 14.0 Å². The van der Waals surface area contributed by atoms with Gasteiger partial charge in [-0.2, -0.15) is 0 Å². The number of carbonyl (C=O) groups excluding carboxylic acids is 2. The molecule has 31 heavy (non-hydrogen) atoms. The summed E-state index contributed by atoms with van der Waals surface area (Å²) in [5.41, 5.74) is 1.51. The lowest BCUT2D eigenvalue weighted by Crippen LogP contribution is -2.46. The van der Waals surface area contributed by atoms with Crippen LogP contribution in [0.4, 0.5) is 4.39 Å². The van der Waals surface area contributed by atoms with Crippen molar-refractivity contribution in [3.63, 3.8) is 0 Å². The molecule has 0 bridgehead atoms. The number of amides is 2. The van der Waals surface area contributed by atoms with Gasteiger partial charge >= 0.3 is 0 Å². The van der Waals surface area contributed by atoms with Crippen molar-refractivity contribution in [1.82, 2.24) is 24.8 Å². The molecule has 7 nitrogen and oxygen atoms in total. The summed E-state index contributed by atoms with van der Waals surface area (Å²) in [7, 11) is 0. The van der Waals surface area contributed by atoms with Gasteiger partial charge in [0.05, 0.1) is 0 Å². The predicted molar refractivity (Wildman–Crippen MR) is 114 cm³/mol. The van der Waals surface area contributed by atoms with Crippen LogP contribution >= 0.6 is 11.5 Å². The van der Waals surface area contributed by atoms with Gasteiger partial charge in [0.1, 0.15) is 11.9 Å². The third-order valence-corrected chi connectivity index (χ3v) is 5.89. The minimum Gasteiger partial charge on any atom is -0.351 e. The van der Waals surface area contributed by atoms with Gasteiger partial charge in [-0.25, -0.2) is 4.39 Å². The molecule has 0 saturated heterocycles. The summed E-state index contributed by atoms with van der Waals surface area (Å²) >= 11 is 1.07. The maximum absolute atomic E-state index is 13.4. The van der Waals surface area contributed by atoms with Gasteiger partial charge in [0.2, 0.25) is 5.91 Å². The zero-order valence-corrected chi connectivity index (χ0v) is 17.6. The van der Waals surface area contributed by atoms with Crippen LogP contribution in [-0.2, 0) is 11.3 Å². The summed E-state index contributed by atoms with van der Waals surface area (Å²) in [5.74, 6) is -1.03. The summed E-state index contributed by atoms with van der Waals surface area (Å²) in [5, 5.41) is 8.57. The molecule has 1 saturated carbocycles. The lowest BCUT2D eigenvalue weighted by atomic mass is 10.0. The van der Waals surface area contributed by atoms with Crippen LogP contribution in [0, 0.1) is 5.82 Å². The second-order valence-corrected chi connectivity index (χ2v) is 8.13. The predicted octanol–water partition coefficient (Wildman–Crippen LogP) is 3.51. The van der Waals surface area contributed by atoms with Crippen molar-refractivity contribution >= 4 is 23.3 Å². The van der Waals surface area contributed by atoms with Crippen LogP contribution in [0.3, 0.4) is 0 Å². The first-order valence-corrected chi connectivity index (χ1v) is 11.0. The monoisotopic (exact) mass is 439 g/mol. The Morgan fingerprint density at radius 2 is 1.84 bits per heavy atom. The summed E-state index contributed by atoms with van der Waals surface area (Å²) in [6, 6.07) is 8.54. The Morgan fingerprint density at radius 3 is 2.48 bits per heavy atom. The van der Waals surface area contributed by atoms with E-state index in [1.807, 2.05) is 0 Å². The molecule has 2 aromatic heterocycles. The average molecular weight is 440 g/mol. The Hall–Kier alpha value is -3.20. The SMILES string of the molecule is O=C(NC1CCCC1)C(c1ccncc1)N(Cc1ccc(F)cc1)C(=O)c1csnn1. The second-order valence-electron chi connectivity index (χ2n) is 7.52. The fourth-order valence-corrected chi connectivity index (χ4v) is 4.27. The molecule has 2 heterocycles. The molecule has 0 spiro atoms. The molecule has 0 radical (unpaired) electrons. The van der Waals surface area contributed by atoms with E-state index >= 15 is 0 Å². The molecule has 1 unspecified atom stereocenters. The molecule has 0 aliphatic heterocycles. The van der Waals surface area contributed by atoms with E-state index in [0.717, 1.165) is 37.2 Å². The first kappa shape index (κ1) is 21.0. The highest BCUT2D eigenvalue weighted by Crippen LogP contribution is 2.27. The molecule has 9 heteroatoms. The molecule has 2 amide bonds. The third-order valence-electron chi connectivity index (χ3n) is 5.39. The van der Waals surface area contributed by atoms with Crippen LogP contribution in [0.1, 0.15) is 53.3 Å². The molecular weight excluding hydrogens is 417 g/mol. The number of hydrogen-bond donors (Lipinski definition) is 1. The molecule has 1 aliphatic rings. The van der Waals surface area contributed by atoms with Crippen molar-refractivity contribution in [2.24, 2.45) is 0 Å². The van der Waals surface area contributed by atoms with Crippen LogP contribution in [0.5, 0.6) is 0 Å².